The van der Waals surface area contributed by atoms with Gasteiger partial charge >= 0.3 is 0 Å². The number of fused-ring (bicyclic) bond motifs is 2. The van der Waals surface area contributed by atoms with Crippen molar-refractivity contribution in [3.8, 4) is 17.3 Å². The number of aromatic amines is 1. The van der Waals surface area contributed by atoms with Gasteiger partial charge in [0.05, 0.1) is 28.4 Å². The van der Waals surface area contributed by atoms with Crippen LogP contribution in [0, 0.1) is 12.7 Å². The first-order chi connectivity index (χ1) is 16.5. The van der Waals surface area contributed by atoms with Crippen LogP contribution in [0.2, 0.25) is 0 Å². The van der Waals surface area contributed by atoms with Crippen LogP contribution in [0.1, 0.15) is 21.1 Å². The highest BCUT2D eigenvalue weighted by Gasteiger charge is 2.21. The van der Waals surface area contributed by atoms with Crippen molar-refractivity contribution in [3.63, 3.8) is 0 Å². The molecule has 0 spiro atoms. The molecule has 0 saturated heterocycles. The number of methoxy groups -OCH3 is 2. The van der Waals surface area contributed by atoms with Crippen LogP contribution in [-0.2, 0) is 11.3 Å². The van der Waals surface area contributed by atoms with Crippen molar-refractivity contribution in [1.29, 1.82) is 0 Å². The SMILES string of the molecule is COCc1nc(OC)c2c(C)c(C(=O)Nc3ccc4nc(-c5ccc(F)cc5)[nH]c4c3)sc2n1. The smallest absolute Gasteiger partial charge is 0.266 e. The van der Waals surface area contributed by atoms with Crippen molar-refractivity contribution >= 4 is 44.2 Å². The number of carbonyl (C=O) groups is 1. The van der Waals surface area contributed by atoms with Gasteiger partial charge in [0.25, 0.3) is 5.91 Å². The number of aryl methyl sites for hydroxylation is 1. The molecule has 2 aromatic carbocycles. The Labute approximate surface area is 197 Å². The Hall–Kier alpha value is -3.89. The summed E-state index contributed by atoms with van der Waals surface area (Å²) in [4.78, 5) is 31.0. The zero-order valence-electron chi connectivity index (χ0n) is 18.6. The largest absolute Gasteiger partial charge is 0.480 e. The fraction of sp³-hybridized carbons (Fsp3) is 0.167. The van der Waals surface area contributed by atoms with Crippen molar-refractivity contribution in [1.82, 2.24) is 19.9 Å². The molecule has 0 aliphatic rings. The molecular formula is C24H20FN5O3S. The van der Waals surface area contributed by atoms with Crippen LogP contribution < -0.4 is 10.1 Å². The van der Waals surface area contributed by atoms with Gasteiger partial charge in [-0.15, -0.1) is 11.3 Å². The van der Waals surface area contributed by atoms with E-state index in [9.17, 15) is 9.18 Å². The number of benzene rings is 2. The van der Waals surface area contributed by atoms with Gasteiger partial charge in [0.1, 0.15) is 23.1 Å². The summed E-state index contributed by atoms with van der Waals surface area (Å²) < 4.78 is 23.8. The Morgan fingerprint density at radius 1 is 1.12 bits per heavy atom. The van der Waals surface area contributed by atoms with Crippen molar-refractivity contribution in [2.75, 3.05) is 19.5 Å². The van der Waals surface area contributed by atoms with Gasteiger partial charge in [-0.1, -0.05) is 0 Å². The predicted molar refractivity (Wildman–Crippen MR) is 129 cm³/mol. The average Bonchev–Trinajstić information content (AvgIpc) is 3.40. The number of hydrogen-bond donors (Lipinski definition) is 2. The maximum absolute atomic E-state index is 13.2. The van der Waals surface area contributed by atoms with E-state index in [2.05, 4.69) is 25.3 Å². The molecule has 0 aliphatic carbocycles. The summed E-state index contributed by atoms with van der Waals surface area (Å²) in [6.45, 7) is 2.09. The van der Waals surface area contributed by atoms with Crippen molar-refractivity contribution < 1.29 is 18.7 Å². The minimum atomic E-state index is -0.306. The van der Waals surface area contributed by atoms with Gasteiger partial charge < -0.3 is 19.8 Å². The molecule has 5 aromatic rings. The van der Waals surface area contributed by atoms with Gasteiger partial charge in [-0.25, -0.2) is 14.4 Å². The minimum absolute atomic E-state index is 0.245. The molecule has 2 N–H and O–H groups in total. The Morgan fingerprint density at radius 2 is 1.91 bits per heavy atom. The zero-order valence-corrected chi connectivity index (χ0v) is 19.4. The first-order valence-corrected chi connectivity index (χ1v) is 11.2. The van der Waals surface area contributed by atoms with Gasteiger partial charge in [0.2, 0.25) is 5.88 Å². The maximum Gasteiger partial charge on any atom is 0.266 e. The summed E-state index contributed by atoms with van der Waals surface area (Å²) >= 11 is 1.28. The van der Waals surface area contributed by atoms with Crippen LogP contribution in [-0.4, -0.2) is 40.1 Å². The second-order valence-electron chi connectivity index (χ2n) is 7.60. The number of ether oxygens (including phenoxy) is 2. The number of carbonyl (C=O) groups excluding carboxylic acids is 1. The molecule has 0 atom stereocenters. The van der Waals surface area contributed by atoms with E-state index in [-0.39, 0.29) is 18.3 Å². The number of hydrogen-bond acceptors (Lipinski definition) is 7. The Kier molecular flexibility index (Phi) is 5.68. The Bertz CT molecular complexity index is 1530. The molecule has 34 heavy (non-hydrogen) atoms. The number of aromatic nitrogens is 4. The summed E-state index contributed by atoms with van der Waals surface area (Å²) in [6.07, 6.45) is 0. The highest BCUT2D eigenvalue weighted by molar-refractivity contribution is 7.20. The lowest BCUT2D eigenvalue weighted by Crippen LogP contribution is -2.11. The van der Waals surface area contributed by atoms with E-state index in [0.29, 0.717) is 38.3 Å². The van der Waals surface area contributed by atoms with E-state index in [4.69, 9.17) is 9.47 Å². The number of nitrogens with one attached hydrogen (secondary N) is 2. The summed E-state index contributed by atoms with van der Waals surface area (Å²) in [5, 5.41) is 3.66. The number of halogens is 1. The van der Waals surface area contributed by atoms with Gasteiger partial charge in [-0.2, -0.15) is 4.98 Å². The third-order valence-corrected chi connectivity index (χ3v) is 6.52. The van der Waals surface area contributed by atoms with Crippen LogP contribution in [0.5, 0.6) is 5.88 Å². The third-order valence-electron chi connectivity index (χ3n) is 5.33. The van der Waals surface area contributed by atoms with Crippen LogP contribution >= 0.6 is 11.3 Å². The zero-order chi connectivity index (χ0) is 23.8. The number of thiophene rings is 1. The highest BCUT2D eigenvalue weighted by atomic mass is 32.1. The summed E-state index contributed by atoms with van der Waals surface area (Å²) in [5.74, 6) is 0.962. The first-order valence-electron chi connectivity index (χ1n) is 10.4. The molecule has 0 aliphatic heterocycles. The van der Waals surface area contributed by atoms with E-state index >= 15 is 0 Å². The molecule has 5 rings (SSSR count). The van der Waals surface area contributed by atoms with Crippen molar-refractivity contribution in [2.24, 2.45) is 0 Å². The molecule has 172 valence electrons. The quantitative estimate of drug-likeness (QED) is 0.353. The second-order valence-corrected chi connectivity index (χ2v) is 8.60. The summed E-state index contributed by atoms with van der Waals surface area (Å²) in [7, 11) is 3.10. The molecule has 0 saturated carbocycles. The lowest BCUT2D eigenvalue weighted by molar-refractivity contribution is 0.103. The molecule has 1 amide bonds. The second kappa shape index (κ2) is 8.81. The van der Waals surface area contributed by atoms with Gasteiger partial charge in [-0.3, -0.25) is 4.79 Å². The number of imidazole rings is 1. The third kappa shape index (κ3) is 3.97. The summed E-state index contributed by atoms with van der Waals surface area (Å²) in [6, 6.07) is 11.5. The van der Waals surface area contributed by atoms with Crippen LogP contribution in [0.25, 0.3) is 32.6 Å². The molecule has 3 aromatic heterocycles. The Balaban J connectivity index is 1.45. The number of H-pyrrole nitrogens is 1. The molecule has 3 heterocycles. The van der Waals surface area contributed by atoms with Gasteiger partial charge in [0, 0.05) is 18.4 Å². The molecule has 0 bridgehead atoms. The standard InChI is InChI=1S/C24H20FN5O3S/c1-12-19-23(33-3)29-18(11-32-2)30-24(19)34-20(12)22(31)26-15-8-9-16-17(10-15)28-21(27-16)13-4-6-14(25)7-5-13/h4-10H,11H2,1-3H3,(H,26,31)(H,27,28). The molecule has 8 nitrogen and oxygen atoms in total. The first kappa shape index (κ1) is 21.9. The van der Waals surface area contributed by atoms with Crippen molar-refractivity contribution in [3.05, 3.63) is 64.5 Å². The molecule has 0 radical (unpaired) electrons. The number of amides is 1. The van der Waals surface area contributed by atoms with Crippen LogP contribution in [0.15, 0.2) is 42.5 Å². The minimum Gasteiger partial charge on any atom is -0.480 e. The molecule has 10 heteroatoms. The van der Waals surface area contributed by atoms with Crippen LogP contribution in [0.4, 0.5) is 10.1 Å². The monoisotopic (exact) mass is 477 g/mol. The van der Waals surface area contributed by atoms with E-state index in [0.717, 1.165) is 22.2 Å². The molecule has 0 unspecified atom stereocenters. The van der Waals surface area contributed by atoms with Gasteiger partial charge in [0.15, 0.2) is 5.82 Å². The molecular weight excluding hydrogens is 457 g/mol. The Morgan fingerprint density at radius 3 is 2.65 bits per heavy atom. The van der Waals surface area contributed by atoms with Crippen LogP contribution in [0.3, 0.4) is 0 Å². The maximum atomic E-state index is 13.2. The van der Waals surface area contributed by atoms with E-state index in [1.807, 2.05) is 19.1 Å². The predicted octanol–water partition coefficient (Wildman–Crippen LogP) is 5.09. The summed E-state index contributed by atoms with van der Waals surface area (Å²) in [5.41, 5.74) is 3.62. The fourth-order valence-corrected chi connectivity index (χ4v) is 4.81. The number of rotatable bonds is 6. The normalized spacial score (nSPS) is 11.3. The van der Waals surface area contributed by atoms with E-state index < -0.39 is 0 Å². The van der Waals surface area contributed by atoms with E-state index in [1.54, 1.807) is 25.3 Å². The lowest BCUT2D eigenvalue weighted by atomic mass is 10.2. The molecule has 0 fully saturated rings. The fourth-order valence-electron chi connectivity index (χ4n) is 3.72. The number of nitrogens with zero attached hydrogens (tertiary/aromatic N) is 3. The lowest BCUT2D eigenvalue weighted by Gasteiger charge is -2.05. The van der Waals surface area contributed by atoms with Gasteiger partial charge in [-0.05, 0) is 55.0 Å². The average molecular weight is 478 g/mol. The van der Waals surface area contributed by atoms with E-state index in [1.165, 1.54) is 30.6 Å². The topological polar surface area (TPSA) is 102 Å². The van der Waals surface area contributed by atoms with Crippen molar-refractivity contribution in [2.45, 2.75) is 13.5 Å². The highest BCUT2D eigenvalue weighted by Crippen LogP contribution is 2.35. The number of anilines is 1.